The van der Waals surface area contributed by atoms with Crippen LogP contribution in [0.1, 0.15) is 42.4 Å². The molecule has 2 N–H and O–H groups in total. The van der Waals surface area contributed by atoms with E-state index in [1.54, 1.807) is 20.8 Å². The Labute approximate surface area is 353 Å². The van der Waals surface area contributed by atoms with Crippen molar-refractivity contribution in [3.8, 4) is 45.4 Å². The first-order valence-corrected chi connectivity index (χ1v) is 17.5. The van der Waals surface area contributed by atoms with E-state index in [0.29, 0.717) is 41.3 Å². The number of carboxylic acids is 1. The zero-order valence-electron chi connectivity index (χ0n) is 32.5. The van der Waals surface area contributed by atoms with Gasteiger partial charge in [0.1, 0.15) is 28.7 Å². The summed E-state index contributed by atoms with van der Waals surface area (Å²) in [6, 6.07) is 7.24. The number of aromatic carboxylic acids is 1. The second-order valence-electron chi connectivity index (χ2n) is 13.9. The lowest BCUT2D eigenvalue weighted by atomic mass is 10.1. The van der Waals surface area contributed by atoms with E-state index in [2.05, 4.69) is 35.0 Å². The maximum atomic E-state index is 14.1. The van der Waals surface area contributed by atoms with Gasteiger partial charge >= 0.3 is 37.1 Å². The van der Waals surface area contributed by atoms with Gasteiger partial charge in [0.05, 0.1) is 46.3 Å². The van der Waals surface area contributed by atoms with Gasteiger partial charge in [0, 0.05) is 41.7 Å². The number of carbonyl (C=O) groups is 2. The number of alkyl halides is 12. The number of nitrogens with one attached hydrogen (secondary N) is 1. The summed E-state index contributed by atoms with van der Waals surface area (Å²) in [5.41, 5.74) is -5.54. The van der Waals surface area contributed by atoms with Crippen molar-refractivity contribution < 1.29 is 90.4 Å². The fraction of sp³-hybridized carbons (Fsp3) is 0.211. The topological polar surface area (TPSA) is 156 Å². The molecule has 4 heterocycles. The number of amides is 1. The Hall–Kier alpha value is -7.48. The Balaban J connectivity index is 0.000000247. The molecule has 0 fully saturated rings. The number of anilines is 1. The van der Waals surface area contributed by atoms with Gasteiger partial charge in [-0.2, -0.15) is 31.4 Å². The van der Waals surface area contributed by atoms with E-state index in [1.807, 2.05) is 0 Å². The number of hydrogen-bond donors (Lipinski definition) is 2. The molecule has 0 radical (unpaired) electrons. The monoisotopic (exact) mass is 941 g/mol. The van der Waals surface area contributed by atoms with E-state index >= 15 is 0 Å². The summed E-state index contributed by atoms with van der Waals surface area (Å²) in [4.78, 5) is 30.3. The number of halogens is 14. The van der Waals surface area contributed by atoms with Crippen LogP contribution in [0.5, 0.6) is 11.5 Å². The van der Waals surface area contributed by atoms with Gasteiger partial charge in [-0.15, -0.1) is 31.4 Å². The second kappa shape index (κ2) is 17.9. The predicted octanol–water partition coefficient (Wildman–Crippen LogP) is 11.0. The fourth-order valence-corrected chi connectivity index (χ4v) is 5.34. The van der Waals surface area contributed by atoms with Crippen LogP contribution in [-0.2, 0) is 17.1 Å². The number of carbonyl (C=O) groups excluding carboxylic acids is 1. The molecule has 65 heavy (non-hydrogen) atoms. The molecule has 0 saturated heterocycles. The van der Waals surface area contributed by atoms with Crippen molar-refractivity contribution in [1.29, 1.82) is 0 Å². The van der Waals surface area contributed by atoms with Crippen molar-refractivity contribution in [2.24, 2.45) is 0 Å². The first-order chi connectivity index (χ1) is 29.8. The fourth-order valence-electron chi connectivity index (χ4n) is 5.34. The van der Waals surface area contributed by atoms with E-state index in [4.69, 9.17) is 9.84 Å². The summed E-state index contributed by atoms with van der Waals surface area (Å²) in [5.74, 6) is -5.97. The number of ether oxygens (including phenoxy) is 3. The van der Waals surface area contributed by atoms with Crippen LogP contribution in [0.15, 0.2) is 85.5 Å². The van der Waals surface area contributed by atoms with Crippen LogP contribution >= 0.6 is 0 Å². The van der Waals surface area contributed by atoms with Crippen molar-refractivity contribution >= 4 is 17.9 Å². The van der Waals surface area contributed by atoms with Gasteiger partial charge in [-0.05, 0) is 63.2 Å². The lowest BCUT2D eigenvalue weighted by Crippen LogP contribution is -2.27. The minimum absolute atomic E-state index is 0.177. The molecule has 0 aliphatic heterocycles. The molecule has 346 valence electrons. The lowest BCUT2D eigenvalue weighted by Gasteiger charge is -2.19. The van der Waals surface area contributed by atoms with Crippen molar-refractivity contribution in [2.75, 3.05) is 5.32 Å². The van der Waals surface area contributed by atoms with Gasteiger partial charge in [0.2, 0.25) is 0 Å². The summed E-state index contributed by atoms with van der Waals surface area (Å²) in [6.45, 7) is 4.75. The van der Waals surface area contributed by atoms with Gasteiger partial charge in [-0.1, -0.05) is 0 Å². The second-order valence-corrected chi connectivity index (χ2v) is 13.9. The van der Waals surface area contributed by atoms with Crippen LogP contribution in [-0.4, -0.2) is 65.0 Å². The molecule has 13 nitrogen and oxygen atoms in total. The third-order valence-corrected chi connectivity index (χ3v) is 7.66. The number of rotatable bonds is 8. The number of nitrogens with zero attached hydrogens (tertiary/aromatic N) is 6. The quantitative estimate of drug-likeness (QED) is 0.141. The van der Waals surface area contributed by atoms with Crippen LogP contribution in [0.25, 0.3) is 33.9 Å². The van der Waals surface area contributed by atoms with Crippen LogP contribution in [0, 0.1) is 11.6 Å². The third-order valence-electron chi connectivity index (χ3n) is 7.66. The van der Waals surface area contributed by atoms with E-state index in [0.717, 1.165) is 53.5 Å². The van der Waals surface area contributed by atoms with E-state index in [-0.39, 0.29) is 39.7 Å². The summed E-state index contributed by atoms with van der Waals surface area (Å²) < 4.78 is 196. The molecule has 0 spiro atoms. The van der Waals surface area contributed by atoms with E-state index in [1.165, 1.54) is 0 Å². The molecule has 1 amide bonds. The number of pyridine rings is 2. The molecule has 6 rings (SSSR count). The Morgan fingerprint density at radius 1 is 0.585 bits per heavy atom. The lowest BCUT2D eigenvalue weighted by molar-refractivity contribution is -0.275. The average Bonchev–Trinajstić information content (AvgIpc) is 3.78. The highest BCUT2D eigenvalue weighted by atomic mass is 19.4. The smallest absolute Gasteiger partial charge is 0.476 e. The zero-order valence-corrected chi connectivity index (χ0v) is 32.5. The number of carboxylic acid groups (broad SMARTS) is 1. The van der Waals surface area contributed by atoms with Crippen molar-refractivity contribution in [3.63, 3.8) is 0 Å². The van der Waals surface area contributed by atoms with E-state index < -0.39 is 82.7 Å². The minimum atomic E-state index is -5.14. The summed E-state index contributed by atoms with van der Waals surface area (Å²) in [6.07, 6.45) is -17.8. The SMILES string of the molecule is CC(C)(C)OC(=O)Nc1cc(-c2cc(F)cc(OC(F)(F)F)c2)n(-c2cncc(C(F)(F)F)c2)n1.O=C(O)c1cc(-c2cc(F)cc(OC(F)(F)F)c2)n(-c2cncc(C(F)(F)F)c2)n1. The molecule has 0 aliphatic rings. The molecule has 6 aromatic rings. The summed E-state index contributed by atoms with van der Waals surface area (Å²) in [5, 5.41) is 19.0. The van der Waals surface area contributed by atoms with Gasteiger partial charge < -0.3 is 19.3 Å². The molecule has 0 aliphatic carbocycles. The predicted molar refractivity (Wildman–Crippen MR) is 194 cm³/mol. The van der Waals surface area contributed by atoms with E-state index in [9.17, 15) is 71.1 Å². The van der Waals surface area contributed by atoms with Crippen LogP contribution in [0.3, 0.4) is 0 Å². The maximum Gasteiger partial charge on any atom is 0.573 e. The Morgan fingerprint density at radius 3 is 1.42 bits per heavy atom. The van der Waals surface area contributed by atoms with Gasteiger partial charge in [0.25, 0.3) is 0 Å². The number of benzene rings is 2. The van der Waals surface area contributed by atoms with Crippen molar-refractivity contribution in [1.82, 2.24) is 29.5 Å². The Morgan fingerprint density at radius 2 is 1.02 bits per heavy atom. The molecular formula is C38H25F14N7O6. The molecule has 0 saturated carbocycles. The van der Waals surface area contributed by atoms with Crippen molar-refractivity contribution in [2.45, 2.75) is 51.4 Å². The molecule has 0 unspecified atom stereocenters. The molecule has 0 bridgehead atoms. The first kappa shape index (κ1) is 48.6. The summed E-state index contributed by atoms with van der Waals surface area (Å²) in [7, 11) is 0. The third kappa shape index (κ3) is 13.5. The maximum absolute atomic E-state index is 14.1. The largest absolute Gasteiger partial charge is 0.573 e. The highest BCUT2D eigenvalue weighted by Gasteiger charge is 2.35. The highest BCUT2D eigenvalue weighted by molar-refractivity contribution is 5.87. The van der Waals surface area contributed by atoms with Gasteiger partial charge in [-0.3, -0.25) is 15.3 Å². The molecular weight excluding hydrogens is 916 g/mol. The first-order valence-electron chi connectivity index (χ1n) is 17.5. The van der Waals surface area contributed by atoms with Gasteiger partial charge in [0.15, 0.2) is 11.5 Å². The van der Waals surface area contributed by atoms with Crippen LogP contribution in [0.2, 0.25) is 0 Å². The number of hydrogen-bond acceptors (Lipinski definition) is 9. The van der Waals surface area contributed by atoms with Crippen LogP contribution < -0.4 is 14.8 Å². The Kier molecular flexibility index (Phi) is 13.4. The minimum Gasteiger partial charge on any atom is -0.476 e. The van der Waals surface area contributed by atoms with Crippen LogP contribution in [0.4, 0.5) is 72.1 Å². The molecule has 4 aromatic heterocycles. The average molecular weight is 942 g/mol. The standard InChI is InChI=1S/C21H17F7N4O3.C17H8F7N3O3/c1-19(2,3)35-18(33)30-17-8-16(11-4-13(22)7-15(5-11)34-21(26,27)28)32(31-17)14-6-12(9-29-10-14)20(23,24)25;18-10-1-8(2-12(4-10)30-17(22,23)24)14-5-13(15(28)29)26-27(14)11-3-9(6-25-7-11)16(19,20)21/h4-10H,1-3H3,(H,30,31,33);1-7H,(H,28,29). The molecule has 27 heteroatoms. The van der Waals surface area contributed by atoms with Gasteiger partial charge in [-0.25, -0.2) is 27.7 Å². The Bertz CT molecular complexity index is 2700. The zero-order chi connectivity index (χ0) is 48.4. The highest BCUT2D eigenvalue weighted by Crippen LogP contribution is 2.36. The summed E-state index contributed by atoms with van der Waals surface area (Å²) >= 11 is 0. The normalized spacial score (nSPS) is 12.3. The number of aromatic nitrogens is 6. The molecule has 2 aromatic carbocycles. The molecule has 0 atom stereocenters. The van der Waals surface area contributed by atoms with Crippen molar-refractivity contribution in [3.05, 3.63) is 114 Å².